The molecule has 3 aromatic carbocycles. The van der Waals surface area contributed by atoms with Crippen LogP contribution in [-0.4, -0.2) is 30.4 Å². The standard InChI is InChI=1S/C24H20FNO3/c1-29-24(28)19-8-6-18(7-9-19)23(27)26-15-14-16-4-2-3-5-21(16)22(26)17-10-12-20(25)13-11-17/h2-13,22H,14-15H2,1H3/t22-/m1/s1. The molecule has 0 bridgehead atoms. The molecule has 0 N–H and O–H groups in total. The third kappa shape index (κ3) is 3.63. The Bertz CT molecular complexity index is 1040. The van der Waals surface area contributed by atoms with Crippen molar-refractivity contribution in [1.29, 1.82) is 0 Å². The van der Waals surface area contributed by atoms with Crippen molar-refractivity contribution in [3.8, 4) is 0 Å². The maximum absolute atomic E-state index is 13.5. The molecule has 0 aromatic heterocycles. The normalized spacial score (nSPS) is 15.5. The molecule has 4 nitrogen and oxygen atoms in total. The lowest BCUT2D eigenvalue weighted by Gasteiger charge is -2.38. The van der Waals surface area contributed by atoms with Gasteiger partial charge in [-0.05, 0) is 59.5 Å². The molecular weight excluding hydrogens is 369 g/mol. The molecule has 1 amide bonds. The Labute approximate surface area is 168 Å². The van der Waals surface area contributed by atoms with Crippen molar-refractivity contribution < 1.29 is 18.7 Å². The van der Waals surface area contributed by atoms with Crippen LogP contribution >= 0.6 is 0 Å². The molecule has 4 rings (SSSR count). The van der Waals surface area contributed by atoms with E-state index in [1.807, 2.05) is 23.1 Å². The molecule has 0 fully saturated rings. The molecule has 0 saturated heterocycles. The Morgan fingerprint density at radius 2 is 1.59 bits per heavy atom. The van der Waals surface area contributed by atoms with Gasteiger partial charge in [-0.3, -0.25) is 4.79 Å². The van der Waals surface area contributed by atoms with Crippen molar-refractivity contribution in [2.24, 2.45) is 0 Å². The molecule has 5 heteroatoms. The Morgan fingerprint density at radius 1 is 0.931 bits per heavy atom. The highest BCUT2D eigenvalue weighted by Gasteiger charge is 2.32. The fourth-order valence-corrected chi connectivity index (χ4v) is 3.82. The third-order valence-corrected chi connectivity index (χ3v) is 5.28. The van der Waals surface area contributed by atoms with Gasteiger partial charge in [-0.15, -0.1) is 0 Å². The Hall–Kier alpha value is -3.47. The molecular formula is C24H20FNO3. The minimum Gasteiger partial charge on any atom is -0.465 e. The summed E-state index contributed by atoms with van der Waals surface area (Å²) in [7, 11) is 1.32. The van der Waals surface area contributed by atoms with Gasteiger partial charge < -0.3 is 9.64 Å². The van der Waals surface area contributed by atoms with Crippen molar-refractivity contribution in [3.05, 3.63) is 106 Å². The third-order valence-electron chi connectivity index (χ3n) is 5.28. The van der Waals surface area contributed by atoms with Gasteiger partial charge in [-0.2, -0.15) is 0 Å². The largest absolute Gasteiger partial charge is 0.465 e. The van der Waals surface area contributed by atoms with Crippen LogP contribution in [0.25, 0.3) is 0 Å². The average Bonchev–Trinajstić information content (AvgIpc) is 2.78. The van der Waals surface area contributed by atoms with Gasteiger partial charge in [0.1, 0.15) is 5.82 Å². The first-order chi connectivity index (χ1) is 14.1. The van der Waals surface area contributed by atoms with E-state index in [9.17, 15) is 14.0 Å². The van der Waals surface area contributed by atoms with Gasteiger partial charge in [-0.1, -0.05) is 36.4 Å². The molecule has 146 valence electrons. The highest BCUT2D eigenvalue weighted by Crippen LogP contribution is 2.36. The summed E-state index contributed by atoms with van der Waals surface area (Å²) in [4.78, 5) is 26.8. The number of methoxy groups -OCH3 is 1. The predicted octanol–water partition coefficient (Wildman–Crippen LogP) is 4.40. The summed E-state index contributed by atoms with van der Waals surface area (Å²) < 4.78 is 18.2. The first-order valence-electron chi connectivity index (χ1n) is 9.41. The fraction of sp³-hybridized carbons (Fsp3) is 0.167. The second-order valence-electron chi connectivity index (χ2n) is 6.97. The lowest BCUT2D eigenvalue weighted by molar-refractivity contribution is 0.0599. The highest BCUT2D eigenvalue weighted by atomic mass is 19.1. The zero-order chi connectivity index (χ0) is 20.4. The number of fused-ring (bicyclic) bond motifs is 1. The molecule has 1 heterocycles. The maximum Gasteiger partial charge on any atom is 0.337 e. The van der Waals surface area contributed by atoms with E-state index in [1.54, 1.807) is 36.4 Å². The Kier molecular flexibility index (Phi) is 5.12. The van der Waals surface area contributed by atoms with Crippen molar-refractivity contribution in [1.82, 2.24) is 4.90 Å². The molecule has 0 radical (unpaired) electrons. The van der Waals surface area contributed by atoms with Crippen LogP contribution in [0.1, 0.15) is 43.4 Å². The lowest BCUT2D eigenvalue weighted by atomic mass is 9.87. The van der Waals surface area contributed by atoms with Gasteiger partial charge in [0.25, 0.3) is 5.91 Å². The number of rotatable bonds is 3. The van der Waals surface area contributed by atoms with Crippen molar-refractivity contribution in [2.45, 2.75) is 12.5 Å². The summed E-state index contributed by atoms with van der Waals surface area (Å²) in [6, 6.07) is 20.5. The molecule has 3 aromatic rings. The van der Waals surface area contributed by atoms with E-state index < -0.39 is 5.97 Å². The second-order valence-corrected chi connectivity index (χ2v) is 6.97. The van der Waals surface area contributed by atoms with E-state index in [0.717, 1.165) is 17.5 Å². The van der Waals surface area contributed by atoms with Crippen LogP contribution < -0.4 is 0 Å². The summed E-state index contributed by atoms with van der Waals surface area (Å²) in [5.74, 6) is -0.889. The smallest absolute Gasteiger partial charge is 0.337 e. The van der Waals surface area contributed by atoms with Crippen LogP contribution in [0.2, 0.25) is 0 Å². The average molecular weight is 389 g/mol. The molecule has 0 aliphatic carbocycles. The highest BCUT2D eigenvalue weighted by molar-refractivity contribution is 5.96. The number of esters is 1. The Balaban J connectivity index is 1.72. The lowest BCUT2D eigenvalue weighted by Crippen LogP contribution is -2.40. The fourth-order valence-electron chi connectivity index (χ4n) is 3.82. The van der Waals surface area contributed by atoms with Gasteiger partial charge >= 0.3 is 5.97 Å². The van der Waals surface area contributed by atoms with Crippen LogP contribution in [-0.2, 0) is 11.2 Å². The maximum atomic E-state index is 13.5. The van der Waals surface area contributed by atoms with E-state index in [1.165, 1.54) is 24.8 Å². The first kappa shape index (κ1) is 18.9. The Morgan fingerprint density at radius 3 is 2.28 bits per heavy atom. The van der Waals surface area contributed by atoms with Crippen LogP contribution in [0.4, 0.5) is 4.39 Å². The summed E-state index contributed by atoms with van der Waals surface area (Å²) in [6.45, 7) is 0.552. The van der Waals surface area contributed by atoms with E-state index in [0.29, 0.717) is 17.7 Å². The molecule has 1 aliphatic heterocycles. The van der Waals surface area contributed by atoms with E-state index in [2.05, 4.69) is 6.07 Å². The van der Waals surface area contributed by atoms with Crippen LogP contribution in [0.3, 0.4) is 0 Å². The minimum absolute atomic E-state index is 0.134. The number of benzene rings is 3. The van der Waals surface area contributed by atoms with E-state index in [-0.39, 0.29) is 17.8 Å². The van der Waals surface area contributed by atoms with Gasteiger partial charge in [0.05, 0.1) is 18.7 Å². The van der Waals surface area contributed by atoms with Gasteiger partial charge in [0, 0.05) is 12.1 Å². The number of carbonyl (C=O) groups is 2. The number of amides is 1. The summed E-state index contributed by atoms with van der Waals surface area (Å²) in [6.07, 6.45) is 0.750. The monoisotopic (exact) mass is 389 g/mol. The number of nitrogens with zero attached hydrogens (tertiary/aromatic N) is 1. The van der Waals surface area contributed by atoms with Crippen LogP contribution in [0.15, 0.2) is 72.8 Å². The quantitative estimate of drug-likeness (QED) is 0.624. The number of ether oxygens (including phenoxy) is 1. The molecule has 1 atom stereocenters. The SMILES string of the molecule is COC(=O)c1ccc(C(=O)N2CCc3ccccc3[C@H]2c2ccc(F)cc2)cc1. The number of halogens is 1. The summed E-state index contributed by atoms with van der Waals surface area (Å²) in [5.41, 5.74) is 3.97. The minimum atomic E-state index is -0.444. The van der Waals surface area contributed by atoms with Crippen molar-refractivity contribution in [2.75, 3.05) is 13.7 Å². The number of carbonyl (C=O) groups excluding carboxylic acids is 2. The topological polar surface area (TPSA) is 46.6 Å². The zero-order valence-electron chi connectivity index (χ0n) is 16.0. The van der Waals surface area contributed by atoms with Crippen LogP contribution in [0.5, 0.6) is 0 Å². The zero-order valence-corrected chi connectivity index (χ0v) is 16.0. The number of hydrogen-bond acceptors (Lipinski definition) is 3. The van der Waals surface area contributed by atoms with E-state index >= 15 is 0 Å². The predicted molar refractivity (Wildman–Crippen MR) is 107 cm³/mol. The van der Waals surface area contributed by atoms with Gasteiger partial charge in [0.2, 0.25) is 0 Å². The summed E-state index contributed by atoms with van der Waals surface area (Å²) in [5, 5.41) is 0. The van der Waals surface area contributed by atoms with Crippen LogP contribution in [0, 0.1) is 5.82 Å². The van der Waals surface area contributed by atoms with Crippen molar-refractivity contribution >= 4 is 11.9 Å². The molecule has 0 unspecified atom stereocenters. The van der Waals surface area contributed by atoms with E-state index in [4.69, 9.17) is 4.74 Å². The molecule has 0 saturated carbocycles. The van der Waals surface area contributed by atoms with Gasteiger partial charge in [0.15, 0.2) is 0 Å². The number of hydrogen-bond donors (Lipinski definition) is 0. The summed E-state index contributed by atoms with van der Waals surface area (Å²) >= 11 is 0. The first-order valence-corrected chi connectivity index (χ1v) is 9.41. The second kappa shape index (κ2) is 7.87. The van der Waals surface area contributed by atoms with Crippen molar-refractivity contribution in [3.63, 3.8) is 0 Å². The molecule has 0 spiro atoms. The molecule has 1 aliphatic rings. The molecule has 29 heavy (non-hydrogen) atoms. The van der Waals surface area contributed by atoms with Gasteiger partial charge in [-0.25, -0.2) is 9.18 Å².